The van der Waals surface area contributed by atoms with Gasteiger partial charge in [-0.2, -0.15) is 0 Å². The predicted octanol–water partition coefficient (Wildman–Crippen LogP) is 1.93. The van der Waals surface area contributed by atoms with E-state index in [9.17, 15) is 8.42 Å². The van der Waals surface area contributed by atoms with Crippen LogP contribution in [-0.2, 0) is 19.1 Å². The molecule has 2 fully saturated rings. The summed E-state index contributed by atoms with van der Waals surface area (Å²) in [5.41, 5.74) is 0.0348. The molecule has 5 nitrogen and oxygen atoms in total. The zero-order valence-electron chi connectivity index (χ0n) is 15.2. The zero-order valence-corrected chi connectivity index (χ0v) is 16.9. The van der Waals surface area contributed by atoms with E-state index in [1.807, 2.05) is 27.7 Å². The highest BCUT2D eigenvalue weighted by Gasteiger charge is 2.51. The molecule has 2 aliphatic rings. The van der Waals surface area contributed by atoms with Gasteiger partial charge in [-0.3, -0.25) is 0 Å². The van der Waals surface area contributed by atoms with E-state index in [0.717, 1.165) is 18.6 Å². The summed E-state index contributed by atoms with van der Waals surface area (Å²) in [7, 11) is -3.74. The summed E-state index contributed by atoms with van der Waals surface area (Å²) < 4.78 is 37.5. The second-order valence-electron chi connectivity index (χ2n) is 7.65. The topological polar surface area (TPSA) is 64.6 Å². The summed E-state index contributed by atoms with van der Waals surface area (Å²) >= 11 is 0. The summed E-state index contributed by atoms with van der Waals surface area (Å²) in [6.07, 6.45) is 1.34. The van der Waals surface area contributed by atoms with E-state index in [1.54, 1.807) is 24.3 Å². The fraction of sp³-hybridized carbons (Fsp3) is 0.647. The molecule has 0 spiro atoms. The molecular weight excluding hydrogens is 361 g/mol. The van der Waals surface area contributed by atoms with Crippen LogP contribution in [0.3, 0.4) is 0 Å². The van der Waals surface area contributed by atoms with Crippen LogP contribution in [0.2, 0.25) is 0 Å². The Balaban J connectivity index is 0.00000225. The lowest BCUT2D eigenvalue weighted by Gasteiger charge is -2.32. The number of hydrogen-bond acceptors (Lipinski definition) is 5. The molecule has 0 aromatic heterocycles. The van der Waals surface area contributed by atoms with Crippen molar-refractivity contribution in [2.45, 2.75) is 61.9 Å². The number of hydrogen-bond donors (Lipinski definition) is 1. The van der Waals surface area contributed by atoms with Crippen LogP contribution < -0.4 is 10.8 Å². The molecule has 0 amide bonds. The fourth-order valence-electron chi connectivity index (χ4n) is 3.09. The van der Waals surface area contributed by atoms with Crippen molar-refractivity contribution >= 4 is 34.8 Å². The first-order chi connectivity index (χ1) is 11.1. The van der Waals surface area contributed by atoms with Gasteiger partial charge in [0.15, 0.2) is 9.84 Å². The van der Waals surface area contributed by atoms with Crippen LogP contribution in [0, 0.1) is 0 Å². The molecule has 2 heterocycles. The molecule has 0 radical (unpaired) electrons. The predicted molar refractivity (Wildman–Crippen MR) is 102 cm³/mol. The SMILES string of the molecule is CC1(C)OB(c2ccc(S(=O)(=O)C3CCNCC3)cc2)OC1(C)C.Cl. The fourth-order valence-corrected chi connectivity index (χ4v) is 4.85. The van der Waals surface area contributed by atoms with E-state index in [2.05, 4.69) is 5.32 Å². The molecule has 0 unspecified atom stereocenters. The second kappa shape index (κ2) is 7.20. The lowest BCUT2D eigenvalue weighted by Crippen LogP contribution is -2.41. The van der Waals surface area contributed by atoms with Crippen molar-refractivity contribution in [3.8, 4) is 0 Å². The lowest BCUT2D eigenvalue weighted by molar-refractivity contribution is 0.00578. The first-order valence-electron chi connectivity index (χ1n) is 8.54. The van der Waals surface area contributed by atoms with E-state index < -0.39 is 28.2 Å². The van der Waals surface area contributed by atoms with Gasteiger partial charge in [-0.15, -0.1) is 12.4 Å². The zero-order chi connectivity index (χ0) is 17.6. The summed E-state index contributed by atoms with van der Waals surface area (Å²) in [6.45, 7) is 9.53. The molecule has 2 saturated heterocycles. The van der Waals surface area contributed by atoms with Crippen molar-refractivity contribution in [1.29, 1.82) is 0 Å². The van der Waals surface area contributed by atoms with Gasteiger partial charge in [-0.05, 0) is 71.2 Å². The number of sulfone groups is 1. The van der Waals surface area contributed by atoms with E-state index >= 15 is 0 Å². The Morgan fingerprint density at radius 2 is 1.48 bits per heavy atom. The van der Waals surface area contributed by atoms with E-state index in [0.29, 0.717) is 17.7 Å². The third-order valence-corrected chi connectivity index (χ3v) is 7.74. The Hall–Kier alpha value is -0.595. The lowest BCUT2D eigenvalue weighted by atomic mass is 9.79. The molecule has 0 aliphatic carbocycles. The van der Waals surface area contributed by atoms with Crippen LogP contribution in [0.4, 0.5) is 0 Å². The van der Waals surface area contributed by atoms with Gasteiger partial charge < -0.3 is 14.6 Å². The first-order valence-corrected chi connectivity index (χ1v) is 10.1. The Bertz CT molecular complexity index is 684. The molecular formula is C17H27BClNO4S. The van der Waals surface area contributed by atoms with Crippen molar-refractivity contribution in [3.05, 3.63) is 24.3 Å². The standard InChI is InChI=1S/C17H26BNO4S.ClH/c1-16(2)17(3,4)23-18(22-16)13-5-7-14(8-6-13)24(20,21)15-9-11-19-12-10-15;/h5-8,15,19H,9-12H2,1-4H3;1H. The molecule has 1 N–H and O–H groups in total. The minimum atomic E-state index is -3.27. The summed E-state index contributed by atoms with van der Waals surface area (Å²) in [5.74, 6) is 0. The molecule has 25 heavy (non-hydrogen) atoms. The van der Waals surface area contributed by atoms with Gasteiger partial charge in [-0.1, -0.05) is 12.1 Å². The summed E-state index contributed by atoms with van der Waals surface area (Å²) in [4.78, 5) is 0.384. The maximum absolute atomic E-state index is 12.7. The van der Waals surface area contributed by atoms with Gasteiger partial charge in [-0.25, -0.2) is 8.42 Å². The van der Waals surface area contributed by atoms with Crippen LogP contribution >= 0.6 is 12.4 Å². The Kier molecular flexibility index (Phi) is 5.96. The Morgan fingerprint density at radius 3 is 1.96 bits per heavy atom. The molecule has 140 valence electrons. The number of nitrogens with one attached hydrogen (secondary N) is 1. The smallest absolute Gasteiger partial charge is 0.399 e. The van der Waals surface area contributed by atoms with Crippen molar-refractivity contribution in [2.24, 2.45) is 0 Å². The Morgan fingerprint density at radius 1 is 1.00 bits per heavy atom. The van der Waals surface area contributed by atoms with Crippen molar-refractivity contribution in [1.82, 2.24) is 5.32 Å². The first kappa shape index (κ1) is 20.7. The molecule has 0 bridgehead atoms. The van der Waals surface area contributed by atoms with Gasteiger partial charge in [0.05, 0.1) is 21.3 Å². The van der Waals surface area contributed by atoms with Crippen molar-refractivity contribution < 1.29 is 17.7 Å². The number of benzene rings is 1. The van der Waals surface area contributed by atoms with Crippen LogP contribution in [0.5, 0.6) is 0 Å². The molecule has 0 saturated carbocycles. The third-order valence-electron chi connectivity index (χ3n) is 5.46. The van der Waals surface area contributed by atoms with Crippen molar-refractivity contribution in [2.75, 3.05) is 13.1 Å². The third kappa shape index (κ3) is 3.90. The molecule has 0 atom stereocenters. The second-order valence-corrected chi connectivity index (χ2v) is 9.88. The number of halogens is 1. The monoisotopic (exact) mass is 387 g/mol. The number of rotatable bonds is 3. The summed E-state index contributed by atoms with van der Waals surface area (Å²) in [6, 6.07) is 6.96. The maximum Gasteiger partial charge on any atom is 0.494 e. The van der Waals surface area contributed by atoms with Crippen LogP contribution in [0.1, 0.15) is 40.5 Å². The average Bonchev–Trinajstić information content (AvgIpc) is 2.76. The Labute approximate surface area is 157 Å². The molecule has 1 aromatic carbocycles. The molecule has 8 heteroatoms. The number of piperidine rings is 1. The van der Waals surface area contributed by atoms with E-state index in [1.165, 1.54) is 0 Å². The van der Waals surface area contributed by atoms with Gasteiger partial charge in [0.2, 0.25) is 0 Å². The quantitative estimate of drug-likeness (QED) is 0.803. The average molecular weight is 388 g/mol. The van der Waals surface area contributed by atoms with Gasteiger partial charge in [0.25, 0.3) is 0 Å². The normalized spacial score (nSPS) is 23.3. The van der Waals surface area contributed by atoms with Gasteiger partial charge in [0, 0.05) is 0 Å². The van der Waals surface area contributed by atoms with Crippen molar-refractivity contribution in [3.63, 3.8) is 0 Å². The molecule has 1 aromatic rings. The highest BCUT2D eigenvalue weighted by atomic mass is 35.5. The minimum Gasteiger partial charge on any atom is -0.399 e. The van der Waals surface area contributed by atoms with Gasteiger partial charge >= 0.3 is 7.12 Å². The molecule has 2 aliphatic heterocycles. The summed E-state index contributed by atoms with van der Waals surface area (Å²) in [5, 5.41) is 2.91. The van der Waals surface area contributed by atoms with E-state index in [4.69, 9.17) is 9.31 Å². The highest BCUT2D eigenvalue weighted by molar-refractivity contribution is 7.92. The van der Waals surface area contributed by atoms with Crippen LogP contribution in [0.25, 0.3) is 0 Å². The van der Waals surface area contributed by atoms with Crippen LogP contribution in [-0.4, -0.2) is 45.1 Å². The molecule has 3 rings (SSSR count). The minimum absolute atomic E-state index is 0. The maximum atomic E-state index is 12.7. The highest BCUT2D eigenvalue weighted by Crippen LogP contribution is 2.36. The van der Waals surface area contributed by atoms with Crippen LogP contribution in [0.15, 0.2) is 29.2 Å². The largest absolute Gasteiger partial charge is 0.494 e. The van der Waals surface area contributed by atoms with E-state index in [-0.39, 0.29) is 17.7 Å². The van der Waals surface area contributed by atoms with Gasteiger partial charge in [0.1, 0.15) is 0 Å².